The van der Waals surface area contributed by atoms with Gasteiger partial charge in [0, 0.05) is 18.9 Å². The number of carbonyl (C=O) groups excluding carboxylic acids is 1. The Bertz CT molecular complexity index is 857. The molecule has 1 N–H and O–H groups in total. The summed E-state index contributed by atoms with van der Waals surface area (Å²) in [5.74, 6) is 1.29. The van der Waals surface area contributed by atoms with E-state index >= 15 is 0 Å². The van der Waals surface area contributed by atoms with E-state index in [-0.39, 0.29) is 12.7 Å². The Morgan fingerprint density at radius 3 is 3.09 bits per heavy atom. The van der Waals surface area contributed by atoms with Gasteiger partial charge in [0.05, 0.1) is 0 Å². The van der Waals surface area contributed by atoms with E-state index in [1.165, 1.54) is 0 Å². The summed E-state index contributed by atoms with van der Waals surface area (Å²) < 4.78 is 12.4. The first-order valence-electron chi connectivity index (χ1n) is 6.90. The molecule has 0 unspecified atom stereocenters. The lowest BCUT2D eigenvalue weighted by atomic mass is 10.2. The molecule has 1 aromatic carbocycles. The minimum atomic E-state index is -0.152. The third-order valence-corrected chi connectivity index (χ3v) is 3.55. The number of aromatic nitrogens is 2. The molecule has 0 fully saturated rings. The summed E-state index contributed by atoms with van der Waals surface area (Å²) in [5, 5.41) is 2.90. The van der Waals surface area contributed by atoms with Crippen LogP contribution < -0.4 is 14.8 Å². The maximum absolute atomic E-state index is 12.3. The fourth-order valence-electron chi connectivity index (χ4n) is 2.46. The maximum Gasteiger partial charge on any atom is 0.268 e. The quantitative estimate of drug-likeness (QED) is 0.802. The molecular formula is C16H13N3O3. The highest BCUT2D eigenvalue weighted by Crippen LogP contribution is 2.32. The van der Waals surface area contributed by atoms with Gasteiger partial charge in [0.2, 0.25) is 6.79 Å². The molecule has 6 heteroatoms. The van der Waals surface area contributed by atoms with Gasteiger partial charge in [-0.15, -0.1) is 0 Å². The van der Waals surface area contributed by atoms with E-state index in [4.69, 9.17) is 9.47 Å². The van der Waals surface area contributed by atoms with Crippen molar-refractivity contribution in [3.8, 4) is 11.5 Å². The minimum absolute atomic E-state index is 0.152. The number of hydrogen-bond acceptors (Lipinski definition) is 4. The largest absolute Gasteiger partial charge is 0.454 e. The molecule has 0 bridgehead atoms. The van der Waals surface area contributed by atoms with Gasteiger partial charge in [-0.3, -0.25) is 9.20 Å². The van der Waals surface area contributed by atoms with Crippen molar-refractivity contribution in [3.05, 3.63) is 60.0 Å². The number of amides is 1. The van der Waals surface area contributed by atoms with Crippen molar-refractivity contribution in [2.75, 3.05) is 6.79 Å². The molecule has 0 radical (unpaired) electrons. The van der Waals surface area contributed by atoms with E-state index in [9.17, 15) is 4.79 Å². The number of ether oxygens (including phenoxy) is 2. The second kappa shape index (κ2) is 5.07. The van der Waals surface area contributed by atoms with Crippen LogP contribution in [0.25, 0.3) is 5.65 Å². The van der Waals surface area contributed by atoms with Crippen LogP contribution in [0.2, 0.25) is 0 Å². The Labute approximate surface area is 126 Å². The van der Waals surface area contributed by atoms with Gasteiger partial charge in [-0.1, -0.05) is 12.1 Å². The number of hydrogen-bond donors (Lipinski definition) is 1. The molecule has 1 amide bonds. The molecule has 0 spiro atoms. The molecule has 1 aliphatic heterocycles. The average molecular weight is 295 g/mol. The lowest BCUT2D eigenvalue weighted by Crippen LogP contribution is -2.24. The lowest BCUT2D eigenvalue weighted by molar-refractivity contribution is 0.0944. The second-order valence-corrected chi connectivity index (χ2v) is 4.94. The Balaban J connectivity index is 1.52. The van der Waals surface area contributed by atoms with Crippen molar-refractivity contribution in [2.24, 2.45) is 0 Å². The number of rotatable bonds is 3. The van der Waals surface area contributed by atoms with Crippen molar-refractivity contribution in [1.29, 1.82) is 0 Å². The van der Waals surface area contributed by atoms with Crippen LogP contribution in [0.5, 0.6) is 11.5 Å². The summed E-state index contributed by atoms with van der Waals surface area (Å²) in [4.78, 5) is 16.5. The summed E-state index contributed by atoms with van der Waals surface area (Å²) in [5.41, 5.74) is 2.25. The molecule has 1 aliphatic rings. The smallest absolute Gasteiger partial charge is 0.268 e. The van der Waals surface area contributed by atoms with Gasteiger partial charge in [0.1, 0.15) is 11.3 Å². The van der Waals surface area contributed by atoms with Crippen LogP contribution in [-0.2, 0) is 6.54 Å². The first kappa shape index (κ1) is 12.7. The molecule has 22 heavy (non-hydrogen) atoms. The first-order chi connectivity index (χ1) is 10.8. The van der Waals surface area contributed by atoms with Gasteiger partial charge in [-0.2, -0.15) is 0 Å². The van der Waals surface area contributed by atoms with Gasteiger partial charge >= 0.3 is 0 Å². The van der Waals surface area contributed by atoms with E-state index in [0.29, 0.717) is 18.0 Å². The maximum atomic E-state index is 12.3. The number of fused-ring (bicyclic) bond motifs is 2. The fraction of sp³-hybridized carbons (Fsp3) is 0.125. The average Bonchev–Trinajstić information content (AvgIpc) is 3.20. The van der Waals surface area contributed by atoms with Crippen LogP contribution in [0.3, 0.4) is 0 Å². The summed E-state index contributed by atoms with van der Waals surface area (Å²) >= 11 is 0. The van der Waals surface area contributed by atoms with E-state index in [0.717, 1.165) is 17.0 Å². The number of pyridine rings is 1. The predicted octanol–water partition coefficient (Wildman–Crippen LogP) is 1.99. The molecule has 3 heterocycles. The summed E-state index contributed by atoms with van der Waals surface area (Å²) in [6.07, 6.45) is 3.44. The topological polar surface area (TPSA) is 64.9 Å². The van der Waals surface area contributed by atoms with Gasteiger partial charge in [0.15, 0.2) is 11.5 Å². The molecule has 0 saturated heterocycles. The Hall–Kier alpha value is -3.02. The normalized spacial score (nSPS) is 12.5. The molecule has 0 atom stereocenters. The van der Waals surface area contributed by atoms with Crippen LogP contribution in [0.15, 0.2) is 48.8 Å². The highest BCUT2D eigenvalue weighted by atomic mass is 16.7. The van der Waals surface area contributed by atoms with Crippen LogP contribution in [0.4, 0.5) is 0 Å². The van der Waals surface area contributed by atoms with Gasteiger partial charge in [0.25, 0.3) is 5.91 Å². The number of carbonyl (C=O) groups is 1. The zero-order valence-electron chi connectivity index (χ0n) is 11.7. The zero-order chi connectivity index (χ0) is 14.9. The Morgan fingerprint density at radius 1 is 1.23 bits per heavy atom. The van der Waals surface area contributed by atoms with E-state index in [1.807, 2.05) is 30.3 Å². The first-order valence-corrected chi connectivity index (χ1v) is 6.90. The number of nitrogens with one attached hydrogen (secondary N) is 1. The van der Waals surface area contributed by atoms with Gasteiger partial charge in [-0.05, 0) is 29.8 Å². The lowest BCUT2D eigenvalue weighted by Gasteiger charge is -2.08. The molecule has 6 nitrogen and oxygen atoms in total. The van der Waals surface area contributed by atoms with Crippen LogP contribution in [0, 0.1) is 0 Å². The molecule has 0 saturated carbocycles. The van der Waals surface area contributed by atoms with Gasteiger partial charge < -0.3 is 14.8 Å². The third kappa shape index (κ3) is 2.14. The zero-order valence-corrected chi connectivity index (χ0v) is 11.7. The highest BCUT2D eigenvalue weighted by Gasteiger charge is 2.14. The van der Waals surface area contributed by atoms with Crippen molar-refractivity contribution in [1.82, 2.24) is 14.7 Å². The molecule has 110 valence electrons. The predicted molar refractivity (Wildman–Crippen MR) is 78.9 cm³/mol. The van der Waals surface area contributed by atoms with E-state index < -0.39 is 0 Å². The Morgan fingerprint density at radius 2 is 2.14 bits per heavy atom. The van der Waals surface area contributed by atoms with Crippen molar-refractivity contribution in [3.63, 3.8) is 0 Å². The molecular weight excluding hydrogens is 282 g/mol. The standard InChI is InChI=1S/C16H13N3O3/c20-16(12-2-1-3-15-17-6-7-19(12)15)18-9-11-4-5-13-14(8-11)22-10-21-13/h1-8H,9-10H2,(H,18,20). The third-order valence-electron chi connectivity index (χ3n) is 3.55. The van der Waals surface area contributed by atoms with Crippen molar-refractivity contribution >= 4 is 11.6 Å². The van der Waals surface area contributed by atoms with Crippen LogP contribution in [-0.4, -0.2) is 22.1 Å². The summed E-state index contributed by atoms with van der Waals surface area (Å²) in [6, 6.07) is 11.1. The highest BCUT2D eigenvalue weighted by molar-refractivity contribution is 5.93. The monoisotopic (exact) mass is 295 g/mol. The van der Waals surface area contributed by atoms with Crippen molar-refractivity contribution in [2.45, 2.75) is 6.54 Å². The SMILES string of the molecule is O=C(NCc1ccc2c(c1)OCO2)c1cccc2nccn12. The molecule has 4 rings (SSSR count). The van der Waals surface area contributed by atoms with E-state index in [2.05, 4.69) is 10.3 Å². The number of nitrogens with zero attached hydrogens (tertiary/aromatic N) is 2. The van der Waals surface area contributed by atoms with E-state index in [1.54, 1.807) is 22.9 Å². The number of benzene rings is 1. The summed E-state index contributed by atoms with van der Waals surface area (Å²) in [7, 11) is 0. The second-order valence-electron chi connectivity index (χ2n) is 4.94. The minimum Gasteiger partial charge on any atom is -0.454 e. The summed E-state index contributed by atoms with van der Waals surface area (Å²) in [6.45, 7) is 0.661. The molecule has 0 aliphatic carbocycles. The Kier molecular flexibility index (Phi) is 2.93. The number of imidazole rings is 1. The van der Waals surface area contributed by atoms with Gasteiger partial charge in [-0.25, -0.2) is 4.98 Å². The van der Waals surface area contributed by atoms with Crippen LogP contribution >= 0.6 is 0 Å². The molecule has 3 aromatic rings. The van der Waals surface area contributed by atoms with Crippen LogP contribution in [0.1, 0.15) is 16.1 Å². The fourth-order valence-corrected chi connectivity index (χ4v) is 2.46. The van der Waals surface area contributed by atoms with Crippen molar-refractivity contribution < 1.29 is 14.3 Å². The molecule has 2 aromatic heterocycles.